The first-order chi connectivity index (χ1) is 5.29. The first-order valence-electron chi connectivity index (χ1n) is 3.75. The van der Waals surface area contributed by atoms with Gasteiger partial charge in [-0.05, 0) is 11.5 Å². The van der Waals surface area contributed by atoms with E-state index >= 15 is 0 Å². The summed E-state index contributed by atoms with van der Waals surface area (Å²) in [5.41, 5.74) is 0.829. The zero-order valence-corrected chi connectivity index (χ0v) is 6.66. The molecule has 1 nitrogen and oxygen atoms in total. The SMILES string of the molecule is C=C[C@@H]1C(C=O)=CC=C[C@H]1C. The molecule has 0 aromatic rings. The molecule has 1 heteroatoms. The van der Waals surface area contributed by atoms with E-state index < -0.39 is 0 Å². The third kappa shape index (κ3) is 1.48. The van der Waals surface area contributed by atoms with Crippen LogP contribution in [0.4, 0.5) is 0 Å². The Balaban J connectivity index is 2.89. The van der Waals surface area contributed by atoms with Crippen molar-refractivity contribution in [2.45, 2.75) is 6.92 Å². The molecule has 1 rings (SSSR count). The van der Waals surface area contributed by atoms with Gasteiger partial charge in [-0.25, -0.2) is 0 Å². The molecule has 0 N–H and O–H groups in total. The number of rotatable bonds is 2. The molecule has 0 unspecified atom stereocenters. The number of aldehydes is 1. The number of allylic oxidation sites excluding steroid dienone is 5. The van der Waals surface area contributed by atoms with Crippen LogP contribution in [0.25, 0.3) is 0 Å². The van der Waals surface area contributed by atoms with Gasteiger partial charge >= 0.3 is 0 Å². The molecule has 0 bridgehead atoms. The Kier molecular flexibility index (Phi) is 2.42. The Morgan fingerprint density at radius 2 is 2.36 bits per heavy atom. The topological polar surface area (TPSA) is 17.1 Å². The molecular weight excluding hydrogens is 136 g/mol. The predicted octanol–water partition coefficient (Wildman–Crippen LogP) is 2.12. The number of hydrogen-bond donors (Lipinski definition) is 0. The Morgan fingerprint density at radius 1 is 1.64 bits per heavy atom. The van der Waals surface area contributed by atoms with Crippen LogP contribution in [0.1, 0.15) is 6.92 Å². The molecule has 0 saturated carbocycles. The summed E-state index contributed by atoms with van der Waals surface area (Å²) < 4.78 is 0. The smallest absolute Gasteiger partial charge is 0.146 e. The molecule has 0 radical (unpaired) electrons. The normalized spacial score (nSPS) is 29.4. The lowest BCUT2D eigenvalue weighted by atomic mass is 9.84. The summed E-state index contributed by atoms with van der Waals surface area (Å²) in [5.74, 6) is 0.607. The maximum atomic E-state index is 10.5. The van der Waals surface area contributed by atoms with Crippen LogP contribution in [0.3, 0.4) is 0 Å². The highest BCUT2D eigenvalue weighted by Crippen LogP contribution is 2.25. The Labute approximate surface area is 67.1 Å². The quantitative estimate of drug-likeness (QED) is 0.433. The van der Waals surface area contributed by atoms with E-state index in [9.17, 15) is 4.79 Å². The molecule has 0 amide bonds. The number of carbonyl (C=O) groups excluding carboxylic acids is 1. The van der Waals surface area contributed by atoms with Gasteiger partial charge in [-0.3, -0.25) is 4.79 Å². The molecule has 11 heavy (non-hydrogen) atoms. The van der Waals surface area contributed by atoms with Crippen molar-refractivity contribution in [1.82, 2.24) is 0 Å². The number of carbonyl (C=O) groups is 1. The van der Waals surface area contributed by atoms with Gasteiger partial charge in [0.15, 0.2) is 0 Å². The molecule has 0 heterocycles. The zero-order valence-electron chi connectivity index (χ0n) is 6.66. The summed E-state index contributed by atoms with van der Waals surface area (Å²) in [7, 11) is 0. The number of hydrogen-bond acceptors (Lipinski definition) is 1. The van der Waals surface area contributed by atoms with Crippen molar-refractivity contribution >= 4 is 6.29 Å². The van der Waals surface area contributed by atoms with E-state index in [0.717, 1.165) is 11.9 Å². The predicted molar refractivity (Wildman–Crippen MR) is 46.1 cm³/mol. The van der Waals surface area contributed by atoms with Crippen molar-refractivity contribution in [2.24, 2.45) is 11.8 Å². The molecule has 0 aromatic carbocycles. The summed E-state index contributed by atoms with van der Waals surface area (Å²) in [5, 5.41) is 0. The van der Waals surface area contributed by atoms with Crippen LogP contribution in [0.2, 0.25) is 0 Å². The van der Waals surface area contributed by atoms with Crippen molar-refractivity contribution in [3.05, 3.63) is 36.5 Å². The fourth-order valence-corrected chi connectivity index (χ4v) is 1.34. The molecular formula is C10H12O. The minimum Gasteiger partial charge on any atom is -0.298 e. The van der Waals surface area contributed by atoms with E-state index in [0.29, 0.717) is 5.92 Å². The third-order valence-corrected chi connectivity index (χ3v) is 2.04. The Bertz CT molecular complexity index is 223. The lowest BCUT2D eigenvalue weighted by molar-refractivity contribution is -0.105. The minimum atomic E-state index is 0.206. The highest BCUT2D eigenvalue weighted by atomic mass is 16.1. The average molecular weight is 148 g/mol. The van der Waals surface area contributed by atoms with E-state index in [1.807, 2.05) is 18.2 Å². The Morgan fingerprint density at radius 3 is 2.82 bits per heavy atom. The van der Waals surface area contributed by atoms with Crippen LogP contribution in [-0.4, -0.2) is 6.29 Å². The van der Waals surface area contributed by atoms with Crippen LogP contribution < -0.4 is 0 Å². The van der Waals surface area contributed by atoms with E-state index in [1.54, 1.807) is 0 Å². The summed E-state index contributed by atoms with van der Waals surface area (Å²) in [6.07, 6.45) is 8.59. The van der Waals surface area contributed by atoms with Crippen molar-refractivity contribution in [2.75, 3.05) is 0 Å². The van der Waals surface area contributed by atoms with Gasteiger partial charge in [-0.2, -0.15) is 0 Å². The molecule has 1 aliphatic rings. The highest BCUT2D eigenvalue weighted by molar-refractivity contribution is 5.76. The van der Waals surface area contributed by atoms with Gasteiger partial charge in [0.1, 0.15) is 6.29 Å². The molecule has 58 valence electrons. The molecule has 2 atom stereocenters. The van der Waals surface area contributed by atoms with Crippen molar-refractivity contribution in [1.29, 1.82) is 0 Å². The molecule has 0 aliphatic heterocycles. The second-order valence-electron chi connectivity index (χ2n) is 2.79. The minimum absolute atomic E-state index is 0.206. The lowest BCUT2D eigenvalue weighted by Gasteiger charge is -2.19. The molecule has 0 spiro atoms. The van der Waals surface area contributed by atoms with Crippen LogP contribution >= 0.6 is 0 Å². The van der Waals surface area contributed by atoms with Crippen molar-refractivity contribution < 1.29 is 4.79 Å². The fourth-order valence-electron chi connectivity index (χ4n) is 1.34. The maximum Gasteiger partial charge on any atom is 0.146 e. The van der Waals surface area contributed by atoms with Gasteiger partial charge in [0, 0.05) is 5.92 Å². The van der Waals surface area contributed by atoms with Crippen molar-refractivity contribution in [3.63, 3.8) is 0 Å². The van der Waals surface area contributed by atoms with Gasteiger partial charge in [0.2, 0.25) is 0 Å². The summed E-state index contributed by atoms with van der Waals surface area (Å²) >= 11 is 0. The molecule has 0 fully saturated rings. The monoisotopic (exact) mass is 148 g/mol. The first kappa shape index (κ1) is 7.99. The zero-order chi connectivity index (χ0) is 8.27. The second-order valence-corrected chi connectivity index (χ2v) is 2.79. The van der Waals surface area contributed by atoms with Crippen LogP contribution in [-0.2, 0) is 4.79 Å². The largest absolute Gasteiger partial charge is 0.298 e. The van der Waals surface area contributed by atoms with E-state index in [-0.39, 0.29) is 5.92 Å². The standard InChI is InChI=1S/C10H12O/c1-3-10-8(2)5-4-6-9(10)7-11/h3-8,10H,1H2,2H3/t8-,10+/m1/s1. The van der Waals surface area contributed by atoms with E-state index in [1.165, 1.54) is 0 Å². The first-order valence-corrected chi connectivity index (χ1v) is 3.75. The van der Waals surface area contributed by atoms with Gasteiger partial charge < -0.3 is 0 Å². The van der Waals surface area contributed by atoms with E-state index in [4.69, 9.17) is 0 Å². The molecule has 0 saturated heterocycles. The van der Waals surface area contributed by atoms with Crippen molar-refractivity contribution in [3.8, 4) is 0 Å². The highest BCUT2D eigenvalue weighted by Gasteiger charge is 2.17. The average Bonchev–Trinajstić information content (AvgIpc) is 2.04. The van der Waals surface area contributed by atoms with E-state index in [2.05, 4.69) is 19.6 Å². The maximum absolute atomic E-state index is 10.5. The second kappa shape index (κ2) is 3.33. The van der Waals surface area contributed by atoms with Gasteiger partial charge in [0.25, 0.3) is 0 Å². The summed E-state index contributed by atoms with van der Waals surface area (Å²) in [4.78, 5) is 10.5. The van der Waals surface area contributed by atoms with Gasteiger partial charge in [-0.1, -0.05) is 31.2 Å². The Hall–Kier alpha value is -1.11. The molecule has 1 aliphatic carbocycles. The molecule has 0 aromatic heterocycles. The van der Waals surface area contributed by atoms with Gasteiger partial charge in [-0.15, -0.1) is 6.58 Å². The van der Waals surface area contributed by atoms with Crippen LogP contribution in [0, 0.1) is 11.8 Å². The van der Waals surface area contributed by atoms with Crippen LogP contribution in [0.15, 0.2) is 36.5 Å². The third-order valence-electron chi connectivity index (χ3n) is 2.04. The van der Waals surface area contributed by atoms with Crippen LogP contribution in [0.5, 0.6) is 0 Å². The summed E-state index contributed by atoms with van der Waals surface area (Å²) in [6, 6.07) is 0. The fraction of sp³-hybridized carbons (Fsp3) is 0.300. The summed E-state index contributed by atoms with van der Waals surface area (Å²) in [6.45, 7) is 5.78. The van der Waals surface area contributed by atoms with Gasteiger partial charge in [0.05, 0.1) is 0 Å². The lowest BCUT2D eigenvalue weighted by Crippen LogP contribution is -2.13.